The van der Waals surface area contributed by atoms with E-state index in [1.54, 1.807) is 0 Å². The highest BCUT2D eigenvalue weighted by molar-refractivity contribution is 5.81. The molecule has 0 radical (unpaired) electrons. The topological polar surface area (TPSA) is 62.6 Å². The van der Waals surface area contributed by atoms with E-state index in [9.17, 15) is 0 Å². The summed E-state index contributed by atoms with van der Waals surface area (Å²) in [7, 11) is 0. The second-order valence-corrected chi connectivity index (χ2v) is 6.86. The highest BCUT2D eigenvalue weighted by Crippen LogP contribution is 2.23. The lowest BCUT2D eigenvalue weighted by atomic mass is 10.1. The lowest BCUT2D eigenvalue weighted by Gasteiger charge is -2.27. The molecule has 1 aliphatic rings. The normalized spacial score (nSPS) is 14.7. The van der Waals surface area contributed by atoms with Crippen molar-refractivity contribution in [2.75, 3.05) is 6.54 Å². The Labute approximate surface area is 151 Å². The van der Waals surface area contributed by atoms with Crippen LogP contribution in [-0.4, -0.2) is 36.4 Å². The molecule has 6 nitrogen and oxygen atoms in total. The van der Waals surface area contributed by atoms with Gasteiger partial charge in [-0.05, 0) is 42.8 Å². The Morgan fingerprint density at radius 2 is 2.04 bits per heavy atom. The van der Waals surface area contributed by atoms with Gasteiger partial charge >= 0.3 is 0 Å². The van der Waals surface area contributed by atoms with Crippen LogP contribution in [0.5, 0.6) is 0 Å². The van der Waals surface area contributed by atoms with Crippen molar-refractivity contribution in [3.63, 3.8) is 0 Å². The van der Waals surface area contributed by atoms with Gasteiger partial charge in [-0.2, -0.15) is 10.2 Å². The number of H-pyrrole nitrogens is 1. The molecule has 1 aliphatic heterocycles. The first-order valence-corrected chi connectivity index (χ1v) is 8.90. The van der Waals surface area contributed by atoms with Crippen LogP contribution in [0.2, 0.25) is 0 Å². The molecule has 1 aromatic carbocycles. The number of rotatable bonds is 3. The number of hydrogen-bond donors (Lipinski definition) is 1. The number of benzene rings is 1. The standard InChI is InChI=1S/C20H20N6/c1-14-17-10-15(5-6-18(17)23-22-14)12-25-8-9-26-16(13-25)11-20(24-26)19-4-2-3-7-21-19/h2-7,10-11H,8-9,12-13H2,1H3,(H,22,23). The van der Waals surface area contributed by atoms with Crippen molar-refractivity contribution in [2.24, 2.45) is 0 Å². The molecule has 0 amide bonds. The van der Waals surface area contributed by atoms with Crippen molar-refractivity contribution >= 4 is 10.9 Å². The monoisotopic (exact) mass is 344 g/mol. The van der Waals surface area contributed by atoms with E-state index in [-0.39, 0.29) is 0 Å². The van der Waals surface area contributed by atoms with Gasteiger partial charge in [0.15, 0.2) is 0 Å². The summed E-state index contributed by atoms with van der Waals surface area (Å²) in [6.07, 6.45) is 1.81. The fourth-order valence-electron chi connectivity index (χ4n) is 3.64. The molecule has 0 fully saturated rings. The van der Waals surface area contributed by atoms with Crippen LogP contribution in [0, 0.1) is 6.92 Å². The third-order valence-electron chi connectivity index (χ3n) is 5.03. The molecule has 0 atom stereocenters. The highest BCUT2D eigenvalue weighted by atomic mass is 15.3. The molecule has 26 heavy (non-hydrogen) atoms. The summed E-state index contributed by atoms with van der Waals surface area (Å²) in [6, 6.07) is 14.7. The zero-order valence-corrected chi connectivity index (χ0v) is 14.7. The summed E-state index contributed by atoms with van der Waals surface area (Å²) < 4.78 is 2.12. The quantitative estimate of drug-likeness (QED) is 0.620. The van der Waals surface area contributed by atoms with E-state index in [0.717, 1.165) is 48.8 Å². The first-order valence-electron chi connectivity index (χ1n) is 8.90. The number of nitrogens with one attached hydrogen (secondary N) is 1. The Bertz CT molecular complexity index is 1060. The molecule has 6 heteroatoms. The minimum atomic E-state index is 0.905. The molecule has 4 aromatic rings. The van der Waals surface area contributed by atoms with Crippen LogP contribution in [0.15, 0.2) is 48.7 Å². The second kappa shape index (κ2) is 6.07. The molecule has 130 valence electrons. The van der Waals surface area contributed by atoms with Crippen LogP contribution in [0.4, 0.5) is 0 Å². The smallest absolute Gasteiger partial charge is 0.111 e. The third-order valence-corrected chi connectivity index (χ3v) is 5.03. The molecule has 5 rings (SSSR count). The molecule has 0 spiro atoms. The van der Waals surface area contributed by atoms with Crippen LogP contribution in [-0.2, 0) is 19.6 Å². The maximum Gasteiger partial charge on any atom is 0.111 e. The summed E-state index contributed by atoms with van der Waals surface area (Å²) >= 11 is 0. The fourth-order valence-corrected chi connectivity index (χ4v) is 3.64. The minimum Gasteiger partial charge on any atom is -0.291 e. The van der Waals surface area contributed by atoms with Crippen LogP contribution < -0.4 is 0 Å². The molecular formula is C20H20N6. The summed E-state index contributed by atoms with van der Waals surface area (Å²) in [6.45, 7) is 5.79. The lowest BCUT2D eigenvalue weighted by molar-refractivity contribution is 0.205. The molecule has 0 unspecified atom stereocenters. The van der Waals surface area contributed by atoms with Crippen LogP contribution in [0.3, 0.4) is 0 Å². The maximum atomic E-state index is 4.72. The number of aromatic amines is 1. The maximum absolute atomic E-state index is 4.72. The predicted octanol–water partition coefficient (Wildman–Crippen LogP) is 3.15. The zero-order valence-electron chi connectivity index (χ0n) is 14.7. The van der Waals surface area contributed by atoms with Crippen LogP contribution in [0.1, 0.15) is 17.0 Å². The Balaban J connectivity index is 1.36. The Morgan fingerprint density at radius 1 is 1.08 bits per heavy atom. The Kier molecular flexibility index (Phi) is 3.57. The fraction of sp³-hybridized carbons (Fsp3) is 0.250. The van der Waals surface area contributed by atoms with E-state index in [1.807, 2.05) is 31.3 Å². The van der Waals surface area contributed by atoms with Crippen molar-refractivity contribution < 1.29 is 0 Å². The second-order valence-electron chi connectivity index (χ2n) is 6.86. The Hall–Kier alpha value is -2.99. The van der Waals surface area contributed by atoms with Gasteiger partial charge in [-0.3, -0.25) is 19.7 Å². The lowest BCUT2D eigenvalue weighted by Crippen LogP contribution is -2.33. The number of nitrogens with zero attached hydrogens (tertiary/aromatic N) is 5. The molecule has 3 aromatic heterocycles. The molecular weight excluding hydrogens is 324 g/mol. The van der Waals surface area contributed by atoms with Crippen LogP contribution >= 0.6 is 0 Å². The average molecular weight is 344 g/mol. The molecule has 4 heterocycles. The van der Waals surface area contributed by atoms with E-state index in [2.05, 4.69) is 49.0 Å². The van der Waals surface area contributed by atoms with Crippen molar-refractivity contribution in [3.8, 4) is 11.4 Å². The number of pyridine rings is 1. The van der Waals surface area contributed by atoms with Gasteiger partial charge in [-0.25, -0.2) is 0 Å². The molecule has 0 saturated carbocycles. The molecule has 0 aliphatic carbocycles. The first kappa shape index (κ1) is 15.3. The summed E-state index contributed by atoms with van der Waals surface area (Å²) in [5.74, 6) is 0. The van der Waals surface area contributed by atoms with Gasteiger partial charge in [-0.15, -0.1) is 0 Å². The van der Waals surface area contributed by atoms with Gasteiger partial charge in [0.2, 0.25) is 0 Å². The third kappa shape index (κ3) is 2.68. The Morgan fingerprint density at radius 3 is 2.92 bits per heavy atom. The van der Waals surface area contributed by atoms with Gasteiger partial charge in [0.25, 0.3) is 0 Å². The summed E-state index contributed by atoms with van der Waals surface area (Å²) in [4.78, 5) is 6.88. The van der Waals surface area contributed by atoms with Gasteiger partial charge < -0.3 is 0 Å². The van der Waals surface area contributed by atoms with Crippen molar-refractivity contribution in [1.29, 1.82) is 0 Å². The molecule has 1 N–H and O–H groups in total. The van der Waals surface area contributed by atoms with E-state index < -0.39 is 0 Å². The first-order chi connectivity index (χ1) is 12.8. The number of fused-ring (bicyclic) bond motifs is 2. The molecule has 0 saturated heterocycles. The number of aromatic nitrogens is 5. The van der Waals surface area contributed by atoms with Gasteiger partial charge in [0.05, 0.1) is 29.1 Å². The van der Waals surface area contributed by atoms with Gasteiger partial charge in [-0.1, -0.05) is 12.1 Å². The summed E-state index contributed by atoms with van der Waals surface area (Å²) in [5.41, 5.74) is 6.61. The van der Waals surface area contributed by atoms with E-state index >= 15 is 0 Å². The van der Waals surface area contributed by atoms with E-state index in [1.165, 1.54) is 16.6 Å². The largest absolute Gasteiger partial charge is 0.291 e. The van der Waals surface area contributed by atoms with E-state index in [0.29, 0.717) is 0 Å². The van der Waals surface area contributed by atoms with E-state index in [4.69, 9.17) is 5.10 Å². The molecule has 0 bridgehead atoms. The van der Waals surface area contributed by atoms with Crippen molar-refractivity contribution in [2.45, 2.75) is 26.6 Å². The minimum absolute atomic E-state index is 0.905. The number of hydrogen-bond acceptors (Lipinski definition) is 4. The van der Waals surface area contributed by atoms with Crippen molar-refractivity contribution in [1.82, 2.24) is 29.9 Å². The van der Waals surface area contributed by atoms with Crippen molar-refractivity contribution in [3.05, 3.63) is 65.6 Å². The summed E-state index contributed by atoms with van der Waals surface area (Å²) in [5, 5.41) is 13.3. The zero-order chi connectivity index (χ0) is 17.5. The highest BCUT2D eigenvalue weighted by Gasteiger charge is 2.19. The van der Waals surface area contributed by atoms with Gasteiger partial charge in [0, 0.05) is 31.2 Å². The van der Waals surface area contributed by atoms with Gasteiger partial charge in [0.1, 0.15) is 5.69 Å². The average Bonchev–Trinajstić information content (AvgIpc) is 3.26. The van der Waals surface area contributed by atoms with Crippen LogP contribution in [0.25, 0.3) is 22.3 Å². The number of aryl methyl sites for hydroxylation is 1. The SMILES string of the molecule is Cc1n[nH]c2ccc(CN3CCn4nc(-c5ccccn5)cc4C3)cc12. The predicted molar refractivity (Wildman–Crippen MR) is 100 cm³/mol.